The summed E-state index contributed by atoms with van der Waals surface area (Å²) < 4.78 is 0. The normalized spacial score (nSPS) is 19.4. The van der Waals surface area contributed by atoms with Crippen LogP contribution in [0.3, 0.4) is 0 Å². The monoisotopic (exact) mass is 172 g/mol. The van der Waals surface area contributed by atoms with Crippen molar-refractivity contribution in [3.05, 3.63) is 0 Å². The molecule has 1 aliphatic rings. The number of amides is 1. The summed E-state index contributed by atoms with van der Waals surface area (Å²) in [5.74, 6) is -1.88. The van der Waals surface area contributed by atoms with E-state index in [0.717, 1.165) is 19.3 Å². The number of hydrogen-bond donors (Lipinski definition) is 3. The maximum atomic E-state index is 11.0. The van der Waals surface area contributed by atoms with Crippen molar-refractivity contribution in [2.24, 2.45) is 5.73 Å². The largest absolute Gasteiger partial charge is 0.480 e. The number of aliphatic carboxylic acids is 1. The summed E-state index contributed by atoms with van der Waals surface area (Å²) in [5, 5.41) is 10.9. The molecule has 0 saturated heterocycles. The quantitative estimate of drug-likeness (QED) is 0.479. The van der Waals surface area contributed by atoms with Crippen molar-refractivity contribution in [2.45, 2.75) is 31.3 Å². The molecule has 1 fully saturated rings. The number of rotatable bonds is 3. The third kappa shape index (κ3) is 1.94. The number of carbonyl (C=O) groups is 2. The van der Waals surface area contributed by atoms with E-state index in [4.69, 9.17) is 10.8 Å². The third-order valence-corrected chi connectivity index (χ3v) is 2.00. The van der Waals surface area contributed by atoms with E-state index in [2.05, 4.69) is 5.32 Å². The molecule has 0 spiro atoms. The van der Waals surface area contributed by atoms with E-state index in [1.807, 2.05) is 0 Å². The first-order chi connectivity index (χ1) is 5.61. The van der Waals surface area contributed by atoms with E-state index >= 15 is 0 Å². The average molecular weight is 172 g/mol. The summed E-state index contributed by atoms with van der Waals surface area (Å²) >= 11 is 0. The molecule has 0 aliphatic heterocycles. The average Bonchev–Trinajstić information content (AvgIpc) is 1.94. The Morgan fingerprint density at radius 3 is 2.42 bits per heavy atom. The van der Waals surface area contributed by atoms with E-state index < -0.39 is 17.9 Å². The van der Waals surface area contributed by atoms with Crippen LogP contribution < -0.4 is 11.1 Å². The molecule has 1 aliphatic carbocycles. The lowest BCUT2D eigenvalue weighted by Crippen LogP contribution is -2.51. The lowest BCUT2D eigenvalue weighted by molar-refractivity contribution is -0.143. The number of carboxylic acid groups (broad SMARTS) is 1. The molecule has 1 unspecified atom stereocenters. The molecule has 5 heteroatoms. The standard InChI is InChI=1S/C7H12N2O3/c8-5(7(11)12)6(10)9-4-2-1-3-4/h4-5H,1-3,8H2,(H,9,10)(H,11,12). The molecule has 4 N–H and O–H groups in total. The lowest BCUT2D eigenvalue weighted by atomic mass is 9.93. The summed E-state index contributed by atoms with van der Waals surface area (Å²) in [6, 6.07) is -1.28. The summed E-state index contributed by atoms with van der Waals surface area (Å²) in [7, 11) is 0. The zero-order chi connectivity index (χ0) is 9.14. The van der Waals surface area contributed by atoms with Crippen LogP contribution in [0, 0.1) is 0 Å². The molecule has 0 radical (unpaired) electrons. The smallest absolute Gasteiger partial charge is 0.330 e. The Morgan fingerprint density at radius 1 is 1.50 bits per heavy atom. The first-order valence-electron chi connectivity index (χ1n) is 3.90. The van der Waals surface area contributed by atoms with Gasteiger partial charge in [0.1, 0.15) is 0 Å². The molecule has 1 saturated carbocycles. The first-order valence-corrected chi connectivity index (χ1v) is 3.90. The minimum absolute atomic E-state index is 0.142. The Kier molecular flexibility index (Phi) is 2.65. The van der Waals surface area contributed by atoms with Crippen molar-refractivity contribution in [2.75, 3.05) is 0 Å². The van der Waals surface area contributed by atoms with Gasteiger partial charge in [-0.05, 0) is 19.3 Å². The summed E-state index contributed by atoms with van der Waals surface area (Å²) in [6.07, 6.45) is 2.95. The van der Waals surface area contributed by atoms with Crippen LogP contribution in [0.25, 0.3) is 0 Å². The minimum atomic E-state index is -1.43. The van der Waals surface area contributed by atoms with E-state index in [-0.39, 0.29) is 6.04 Å². The predicted molar refractivity (Wildman–Crippen MR) is 41.4 cm³/mol. The topological polar surface area (TPSA) is 92.4 Å². The molecule has 68 valence electrons. The van der Waals surface area contributed by atoms with Gasteiger partial charge in [0.05, 0.1) is 0 Å². The fraction of sp³-hybridized carbons (Fsp3) is 0.714. The number of carboxylic acids is 1. The second kappa shape index (κ2) is 3.53. The van der Waals surface area contributed by atoms with Crippen LogP contribution in [0.2, 0.25) is 0 Å². The highest BCUT2D eigenvalue weighted by Gasteiger charge is 2.26. The van der Waals surface area contributed by atoms with Crippen molar-refractivity contribution < 1.29 is 14.7 Å². The van der Waals surface area contributed by atoms with E-state index in [1.165, 1.54) is 0 Å². The molecule has 12 heavy (non-hydrogen) atoms. The molecule has 0 aromatic rings. The van der Waals surface area contributed by atoms with Crippen LogP contribution in [0.15, 0.2) is 0 Å². The highest BCUT2D eigenvalue weighted by atomic mass is 16.4. The van der Waals surface area contributed by atoms with Crippen molar-refractivity contribution >= 4 is 11.9 Å². The molecule has 1 atom stereocenters. The fourth-order valence-corrected chi connectivity index (χ4v) is 0.956. The maximum Gasteiger partial charge on any atom is 0.330 e. The van der Waals surface area contributed by atoms with Gasteiger partial charge in [-0.15, -0.1) is 0 Å². The molecular weight excluding hydrogens is 160 g/mol. The van der Waals surface area contributed by atoms with Gasteiger partial charge in [-0.1, -0.05) is 0 Å². The highest BCUT2D eigenvalue weighted by Crippen LogP contribution is 2.17. The Hall–Kier alpha value is -1.10. The molecule has 0 bridgehead atoms. The Bertz CT molecular complexity index is 201. The van der Waals surface area contributed by atoms with Gasteiger partial charge in [-0.3, -0.25) is 4.79 Å². The van der Waals surface area contributed by atoms with E-state index in [0.29, 0.717) is 0 Å². The highest BCUT2D eigenvalue weighted by molar-refractivity contribution is 6.00. The number of hydrogen-bond acceptors (Lipinski definition) is 3. The molecule has 5 nitrogen and oxygen atoms in total. The van der Waals surface area contributed by atoms with Gasteiger partial charge in [0.15, 0.2) is 6.04 Å². The van der Waals surface area contributed by atoms with Crippen molar-refractivity contribution in [1.29, 1.82) is 0 Å². The zero-order valence-corrected chi connectivity index (χ0v) is 6.62. The SMILES string of the molecule is NC(C(=O)O)C(=O)NC1CCC1. The summed E-state index contributed by atoms with van der Waals surface area (Å²) in [4.78, 5) is 21.2. The van der Waals surface area contributed by atoms with E-state index in [9.17, 15) is 9.59 Å². The second-order valence-electron chi connectivity index (χ2n) is 2.95. The molecule has 0 heterocycles. The Labute approximate surface area is 69.9 Å². The van der Waals surface area contributed by atoms with Crippen LogP contribution in [-0.2, 0) is 9.59 Å². The van der Waals surface area contributed by atoms with E-state index in [1.54, 1.807) is 0 Å². The summed E-state index contributed by atoms with van der Waals surface area (Å²) in [6.45, 7) is 0. The second-order valence-corrected chi connectivity index (χ2v) is 2.95. The molecule has 1 amide bonds. The van der Waals surface area contributed by atoms with Gasteiger partial charge >= 0.3 is 5.97 Å². The molecule has 1 rings (SSSR count). The van der Waals surface area contributed by atoms with Crippen LogP contribution in [0.4, 0.5) is 0 Å². The van der Waals surface area contributed by atoms with Crippen LogP contribution in [-0.4, -0.2) is 29.1 Å². The fourth-order valence-electron chi connectivity index (χ4n) is 0.956. The maximum absolute atomic E-state index is 11.0. The van der Waals surface area contributed by atoms with Crippen LogP contribution >= 0.6 is 0 Å². The summed E-state index contributed by atoms with van der Waals surface area (Å²) in [5.41, 5.74) is 5.08. The van der Waals surface area contributed by atoms with Gasteiger partial charge in [0, 0.05) is 6.04 Å². The lowest BCUT2D eigenvalue weighted by Gasteiger charge is -2.26. The van der Waals surface area contributed by atoms with Gasteiger partial charge < -0.3 is 16.2 Å². The predicted octanol–water partition coefficient (Wildman–Crippen LogP) is -0.933. The first kappa shape index (κ1) is 8.99. The minimum Gasteiger partial charge on any atom is -0.480 e. The van der Waals surface area contributed by atoms with Gasteiger partial charge in [-0.2, -0.15) is 0 Å². The van der Waals surface area contributed by atoms with Crippen LogP contribution in [0.5, 0.6) is 0 Å². The van der Waals surface area contributed by atoms with Gasteiger partial charge in [-0.25, -0.2) is 4.79 Å². The number of carbonyl (C=O) groups excluding carboxylic acids is 1. The number of nitrogens with two attached hydrogens (primary N) is 1. The van der Waals surface area contributed by atoms with Crippen LogP contribution in [0.1, 0.15) is 19.3 Å². The number of nitrogens with one attached hydrogen (secondary N) is 1. The molecule has 0 aromatic heterocycles. The Morgan fingerprint density at radius 2 is 2.08 bits per heavy atom. The van der Waals surface area contributed by atoms with Crippen molar-refractivity contribution in [1.82, 2.24) is 5.32 Å². The molecular formula is C7H12N2O3. The zero-order valence-electron chi connectivity index (χ0n) is 6.62. The van der Waals surface area contributed by atoms with Gasteiger partial charge in [0.2, 0.25) is 5.91 Å². The van der Waals surface area contributed by atoms with Gasteiger partial charge in [0.25, 0.3) is 0 Å². The Balaban J connectivity index is 2.31. The molecule has 0 aromatic carbocycles. The van der Waals surface area contributed by atoms with Crippen molar-refractivity contribution in [3.8, 4) is 0 Å². The third-order valence-electron chi connectivity index (χ3n) is 2.00. The van der Waals surface area contributed by atoms with Crippen molar-refractivity contribution in [3.63, 3.8) is 0 Å².